The molecule has 0 saturated heterocycles. The highest BCUT2D eigenvalue weighted by Crippen LogP contribution is 2.13. The van der Waals surface area contributed by atoms with Crippen molar-refractivity contribution in [1.82, 2.24) is 0 Å². The molecule has 25 heavy (non-hydrogen) atoms. The van der Waals surface area contributed by atoms with Crippen LogP contribution in [0.5, 0.6) is 5.75 Å². The van der Waals surface area contributed by atoms with Gasteiger partial charge in [-0.05, 0) is 57.5 Å². The van der Waals surface area contributed by atoms with Crippen LogP contribution in [0.3, 0.4) is 0 Å². The van der Waals surface area contributed by atoms with Crippen LogP contribution in [0, 0.1) is 0 Å². The number of benzene rings is 1. The van der Waals surface area contributed by atoms with E-state index in [4.69, 9.17) is 4.74 Å². The van der Waals surface area contributed by atoms with Crippen LogP contribution in [0.25, 0.3) is 6.08 Å². The van der Waals surface area contributed by atoms with E-state index in [0.717, 1.165) is 5.56 Å². The van der Waals surface area contributed by atoms with Gasteiger partial charge in [-0.15, -0.1) is 0 Å². The summed E-state index contributed by atoms with van der Waals surface area (Å²) in [6.45, 7) is 10.6. The summed E-state index contributed by atoms with van der Waals surface area (Å²) in [5, 5.41) is 0. The van der Waals surface area contributed by atoms with E-state index in [-0.39, 0.29) is 11.6 Å². The Balaban J connectivity index is 0. The summed E-state index contributed by atoms with van der Waals surface area (Å²) in [6, 6.07) is 6.91. The summed E-state index contributed by atoms with van der Waals surface area (Å²) in [5.74, 6) is 0.179. The average Bonchev–Trinajstić information content (AvgIpc) is 2.56. The minimum absolute atomic E-state index is 0.00594. The van der Waals surface area contributed by atoms with Crippen LogP contribution in [-0.2, 0) is 14.4 Å². The maximum absolute atomic E-state index is 11.1. The van der Waals surface area contributed by atoms with Crippen molar-refractivity contribution in [2.75, 3.05) is 0 Å². The molecule has 0 unspecified atom stereocenters. The van der Waals surface area contributed by atoms with Gasteiger partial charge in [-0.2, -0.15) is 0 Å². The molecule has 0 aliphatic rings. The molecule has 0 heterocycles. The highest BCUT2D eigenvalue weighted by atomic mass is 16.5. The summed E-state index contributed by atoms with van der Waals surface area (Å²) >= 11 is 0. The lowest BCUT2D eigenvalue weighted by atomic mass is 10.2. The Morgan fingerprint density at radius 3 is 1.64 bits per heavy atom. The molecule has 0 saturated carbocycles. The van der Waals surface area contributed by atoms with E-state index in [1.165, 1.54) is 32.1 Å². The molecule has 0 amide bonds. The van der Waals surface area contributed by atoms with Crippen LogP contribution in [-0.4, -0.2) is 17.5 Å². The standard InChI is InChI=1S/C14H14O3.C5H8O.C2H6/c1-3-4-14(16)17-13-9-7-12(8-10-13)6-5-11(2)15;1-3-4-5(2)6;1-2/h3-10H,1-2H3;3-4H,1-2H3;1-2H3/b4-3+,6-5+;4-3+;. The summed E-state index contributed by atoms with van der Waals surface area (Å²) in [5.41, 5.74) is 0.881. The number of carbonyl (C=O) groups is 3. The second kappa shape index (κ2) is 16.1. The Hall–Kier alpha value is -2.75. The topological polar surface area (TPSA) is 60.4 Å². The average molecular weight is 344 g/mol. The lowest BCUT2D eigenvalue weighted by Gasteiger charge is -2.01. The number of ketones is 2. The zero-order valence-electron chi connectivity index (χ0n) is 15.9. The van der Waals surface area contributed by atoms with E-state index in [2.05, 4.69) is 0 Å². The molecular formula is C21H28O4. The molecule has 0 aliphatic heterocycles. The lowest BCUT2D eigenvalue weighted by molar-refractivity contribution is -0.129. The second-order valence-corrected chi connectivity index (χ2v) is 4.54. The second-order valence-electron chi connectivity index (χ2n) is 4.54. The first-order chi connectivity index (χ1) is 11.9. The molecule has 0 bridgehead atoms. The first-order valence-corrected chi connectivity index (χ1v) is 8.15. The van der Waals surface area contributed by atoms with E-state index >= 15 is 0 Å². The van der Waals surface area contributed by atoms with Crippen molar-refractivity contribution in [1.29, 1.82) is 0 Å². The molecule has 0 spiro atoms. The molecule has 1 aromatic rings. The fraction of sp³-hybridized carbons (Fsp3) is 0.286. The van der Waals surface area contributed by atoms with Gasteiger partial charge in [-0.25, -0.2) is 4.79 Å². The molecule has 0 aromatic heterocycles. The van der Waals surface area contributed by atoms with E-state index in [9.17, 15) is 14.4 Å². The number of allylic oxidation sites excluding steroid dienone is 4. The lowest BCUT2D eigenvalue weighted by Crippen LogP contribution is -2.03. The van der Waals surface area contributed by atoms with Gasteiger partial charge in [0.1, 0.15) is 5.75 Å². The van der Waals surface area contributed by atoms with Crippen molar-refractivity contribution in [2.45, 2.75) is 41.5 Å². The van der Waals surface area contributed by atoms with E-state index in [1.54, 1.807) is 49.4 Å². The van der Waals surface area contributed by atoms with Gasteiger partial charge in [0.15, 0.2) is 11.6 Å². The predicted octanol–water partition coefficient (Wildman–Crippen LogP) is 4.95. The quantitative estimate of drug-likeness (QED) is 0.431. The Kier molecular flexibility index (Phi) is 15.8. The first kappa shape index (κ1) is 24.5. The predicted molar refractivity (Wildman–Crippen MR) is 103 cm³/mol. The molecule has 4 heteroatoms. The SMILES string of the molecule is C/C=C/C(=O)Oc1ccc(/C=C/C(C)=O)cc1.C/C=C/C(C)=O.CC. The van der Waals surface area contributed by atoms with Crippen LogP contribution in [0.2, 0.25) is 0 Å². The van der Waals surface area contributed by atoms with Crippen LogP contribution in [0.1, 0.15) is 47.1 Å². The summed E-state index contributed by atoms with van der Waals surface area (Å²) in [6.07, 6.45) is 9.42. The number of rotatable bonds is 5. The molecule has 0 aliphatic carbocycles. The maximum atomic E-state index is 11.1. The van der Waals surface area contributed by atoms with E-state index in [0.29, 0.717) is 5.75 Å². The van der Waals surface area contributed by atoms with E-state index in [1.807, 2.05) is 20.8 Å². The monoisotopic (exact) mass is 344 g/mol. The first-order valence-electron chi connectivity index (χ1n) is 8.15. The molecule has 1 aromatic carbocycles. The van der Waals surface area contributed by atoms with Crippen molar-refractivity contribution in [3.8, 4) is 5.75 Å². The third-order valence-electron chi connectivity index (χ3n) is 2.31. The molecule has 1 rings (SSSR count). The minimum atomic E-state index is -0.403. The molecule has 0 radical (unpaired) electrons. The molecule has 136 valence electrons. The molecular weight excluding hydrogens is 316 g/mol. The number of ether oxygens (including phenoxy) is 1. The van der Waals surface area contributed by atoms with Gasteiger partial charge in [-0.1, -0.05) is 44.2 Å². The van der Waals surface area contributed by atoms with Crippen LogP contribution >= 0.6 is 0 Å². The largest absolute Gasteiger partial charge is 0.423 e. The van der Waals surface area contributed by atoms with Crippen LogP contribution < -0.4 is 4.74 Å². The van der Waals surface area contributed by atoms with Crippen molar-refractivity contribution in [2.24, 2.45) is 0 Å². The maximum Gasteiger partial charge on any atom is 0.335 e. The van der Waals surface area contributed by atoms with Crippen molar-refractivity contribution >= 4 is 23.6 Å². The van der Waals surface area contributed by atoms with Gasteiger partial charge >= 0.3 is 5.97 Å². The normalized spacial score (nSPS) is 10.0. The van der Waals surface area contributed by atoms with Gasteiger partial charge < -0.3 is 4.74 Å². The number of hydrogen-bond acceptors (Lipinski definition) is 4. The third kappa shape index (κ3) is 15.9. The molecule has 4 nitrogen and oxygen atoms in total. The van der Waals surface area contributed by atoms with Crippen LogP contribution in [0.4, 0.5) is 0 Å². The van der Waals surface area contributed by atoms with Gasteiger partial charge in [0.25, 0.3) is 0 Å². The van der Waals surface area contributed by atoms with Crippen molar-refractivity contribution < 1.29 is 19.1 Å². The third-order valence-corrected chi connectivity index (χ3v) is 2.31. The summed E-state index contributed by atoms with van der Waals surface area (Å²) in [4.78, 5) is 31.8. The van der Waals surface area contributed by atoms with Gasteiger partial charge in [-0.3, -0.25) is 9.59 Å². The molecule has 0 N–H and O–H groups in total. The van der Waals surface area contributed by atoms with Gasteiger partial charge in [0, 0.05) is 6.08 Å². The Bertz CT molecular complexity index is 605. The highest BCUT2D eigenvalue weighted by Gasteiger charge is 1.99. The van der Waals surface area contributed by atoms with Gasteiger partial charge in [0.2, 0.25) is 0 Å². The molecule has 0 atom stereocenters. The van der Waals surface area contributed by atoms with Crippen molar-refractivity contribution in [3.05, 3.63) is 60.2 Å². The Morgan fingerprint density at radius 2 is 1.28 bits per heavy atom. The zero-order chi connectivity index (χ0) is 19.7. The smallest absolute Gasteiger partial charge is 0.335 e. The number of carbonyl (C=O) groups excluding carboxylic acids is 3. The Labute approximate surface area is 150 Å². The Morgan fingerprint density at radius 1 is 0.800 bits per heavy atom. The number of esters is 1. The van der Waals surface area contributed by atoms with Crippen LogP contribution in [0.15, 0.2) is 54.6 Å². The fourth-order valence-corrected chi connectivity index (χ4v) is 1.38. The zero-order valence-corrected chi connectivity index (χ0v) is 15.9. The van der Waals surface area contributed by atoms with Crippen molar-refractivity contribution in [3.63, 3.8) is 0 Å². The minimum Gasteiger partial charge on any atom is -0.423 e. The fourth-order valence-electron chi connectivity index (χ4n) is 1.38. The number of hydrogen-bond donors (Lipinski definition) is 0. The van der Waals surface area contributed by atoms with E-state index < -0.39 is 5.97 Å². The summed E-state index contributed by atoms with van der Waals surface area (Å²) in [7, 11) is 0. The molecule has 0 fully saturated rings. The summed E-state index contributed by atoms with van der Waals surface area (Å²) < 4.78 is 5.02. The highest BCUT2D eigenvalue weighted by molar-refractivity contribution is 5.91. The van der Waals surface area contributed by atoms with Gasteiger partial charge in [0.05, 0.1) is 0 Å².